The molecule has 4 nitrogen and oxygen atoms in total. The number of amides is 1. The van der Waals surface area contributed by atoms with Crippen LogP contribution in [0.25, 0.3) is 0 Å². The molecule has 0 unspecified atom stereocenters. The number of carbonyl (C=O) groups is 1. The minimum Gasteiger partial charge on any atom is -0.397 e. The van der Waals surface area contributed by atoms with E-state index in [0.29, 0.717) is 12.1 Å². The van der Waals surface area contributed by atoms with Gasteiger partial charge in [-0.1, -0.05) is 13.8 Å². The van der Waals surface area contributed by atoms with E-state index in [-0.39, 0.29) is 5.91 Å². The first kappa shape index (κ1) is 13.5. The van der Waals surface area contributed by atoms with Crippen molar-refractivity contribution in [2.45, 2.75) is 33.1 Å². The Morgan fingerprint density at radius 3 is 2.41 bits per heavy atom. The highest BCUT2D eigenvalue weighted by molar-refractivity contribution is 5.78. The molecular weight excluding hydrogens is 214 g/mol. The topological polar surface area (TPSA) is 59.2 Å². The SMILES string of the molecule is CCCN(CCC)C(=O)Cc1ccc(N)cn1. The van der Waals surface area contributed by atoms with Crippen LogP contribution in [0.3, 0.4) is 0 Å². The van der Waals surface area contributed by atoms with E-state index in [4.69, 9.17) is 5.73 Å². The molecule has 0 fully saturated rings. The molecule has 0 saturated carbocycles. The largest absolute Gasteiger partial charge is 0.397 e. The molecule has 0 radical (unpaired) electrons. The number of nitrogens with two attached hydrogens (primary N) is 1. The van der Waals surface area contributed by atoms with Crippen LogP contribution in [-0.2, 0) is 11.2 Å². The summed E-state index contributed by atoms with van der Waals surface area (Å²) in [5.41, 5.74) is 6.96. The van der Waals surface area contributed by atoms with Gasteiger partial charge in [-0.15, -0.1) is 0 Å². The number of nitrogens with zero attached hydrogens (tertiary/aromatic N) is 2. The molecule has 0 aliphatic rings. The van der Waals surface area contributed by atoms with E-state index in [2.05, 4.69) is 18.8 Å². The fourth-order valence-corrected chi connectivity index (χ4v) is 1.71. The van der Waals surface area contributed by atoms with Crippen molar-refractivity contribution < 1.29 is 4.79 Å². The summed E-state index contributed by atoms with van der Waals surface area (Å²) in [6.07, 6.45) is 3.93. The van der Waals surface area contributed by atoms with Crippen LogP contribution in [0.15, 0.2) is 18.3 Å². The lowest BCUT2D eigenvalue weighted by Gasteiger charge is -2.21. The fourth-order valence-electron chi connectivity index (χ4n) is 1.71. The van der Waals surface area contributed by atoms with Crippen LogP contribution in [0.5, 0.6) is 0 Å². The molecule has 1 amide bonds. The zero-order valence-corrected chi connectivity index (χ0v) is 10.6. The lowest BCUT2D eigenvalue weighted by atomic mass is 10.2. The summed E-state index contributed by atoms with van der Waals surface area (Å²) in [5.74, 6) is 0.144. The molecule has 0 aromatic carbocycles. The zero-order valence-electron chi connectivity index (χ0n) is 10.6. The van der Waals surface area contributed by atoms with Crippen LogP contribution in [0, 0.1) is 0 Å². The summed E-state index contributed by atoms with van der Waals surface area (Å²) in [5, 5.41) is 0. The predicted molar refractivity (Wildman–Crippen MR) is 69.5 cm³/mol. The van der Waals surface area contributed by atoms with Crippen LogP contribution in [0.2, 0.25) is 0 Å². The highest BCUT2D eigenvalue weighted by Gasteiger charge is 2.12. The molecule has 1 rings (SSSR count). The second kappa shape index (κ2) is 6.89. The van der Waals surface area contributed by atoms with Gasteiger partial charge in [0, 0.05) is 18.8 Å². The summed E-state index contributed by atoms with van der Waals surface area (Å²) >= 11 is 0. The van der Waals surface area contributed by atoms with Gasteiger partial charge in [0.05, 0.1) is 18.3 Å². The Labute approximate surface area is 103 Å². The number of hydrogen-bond donors (Lipinski definition) is 1. The molecule has 0 saturated heterocycles. The van der Waals surface area contributed by atoms with Gasteiger partial charge in [-0.25, -0.2) is 0 Å². The Morgan fingerprint density at radius 1 is 1.29 bits per heavy atom. The molecule has 4 heteroatoms. The van der Waals surface area contributed by atoms with Crippen molar-refractivity contribution in [2.75, 3.05) is 18.8 Å². The second-order valence-electron chi connectivity index (χ2n) is 4.14. The van der Waals surface area contributed by atoms with Crippen molar-refractivity contribution in [1.29, 1.82) is 0 Å². The first-order chi connectivity index (χ1) is 8.17. The van der Waals surface area contributed by atoms with Gasteiger partial charge in [-0.2, -0.15) is 0 Å². The maximum atomic E-state index is 12.0. The Balaban J connectivity index is 2.59. The average molecular weight is 235 g/mol. The first-order valence-electron chi connectivity index (χ1n) is 6.15. The summed E-state index contributed by atoms with van der Waals surface area (Å²) in [6, 6.07) is 3.59. The van der Waals surface area contributed by atoms with Crippen molar-refractivity contribution in [1.82, 2.24) is 9.88 Å². The van der Waals surface area contributed by atoms with Crippen LogP contribution >= 0.6 is 0 Å². The normalized spacial score (nSPS) is 10.2. The number of aromatic nitrogens is 1. The number of nitrogen functional groups attached to an aromatic ring is 1. The van der Waals surface area contributed by atoms with Crippen LogP contribution < -0.4 is 5.73 Å². The average Bonchev–Trinajstić information content (AvgIpc) is 2.32. The molecule has 0 aliphatic carbocycles. The van der Waals surface area contributed by atoms with E-state index in [1.54, 1.807) is 12.3 Å². The molecule has 17 heavy (non-hydrogen) atoms. The summed E-state index contributed by atoms with van der Waals surface area (Å²) < 4.78 is 0. The van der Waals surface area contributed by atoms with Crippen LogP contribution in [-0.4, -0.2) is 28.9 Å². The molecule has 1 heterocycles. The number of anilines is 1. The monoisotopic (exact) mass is 235 g/mol. The molecule has 0 atom stereocenters. The van der Waals surface area contributed by atoms with Crippen molar-refractivity contribution >= 4 is 11.6 Å². The van der Waals surface area contributed by atoms with Gasteiger partial charge in [0.2, 0.25) is 5.91 Å². The standard InChI is InChI=1S/C13H21N3O/c1-3-7-16(8-4-2)13(17)9-12-6-5-11(14)10-15-12/h5-6,10H,3-4,7-9,14H2,1-2H3. The third-order valence-electron chi connectivity index (χ3n) is 2.52. The summed E-state index contributed by atoms with van der Waals surface area (Å²) in [6.45, 7) is 5.80. The van der Waals surface area contributed by atoms with Crippen LogP contribution in [0.4, 0.5) is 5.69 Å². The van der Waals surface area contributed by atoms with Crippen LogP contribution in [0.1, 0.15) is 32.4 Å². The van der Waals surface area contributed by atoms with E-state index in [1.807, 2.05) is 11.0 Å². The number of carbonyl (C=O) groups excluding carboxylic acids is 1. The second-order valence-corrected chi connectivity index (χ2v) is 4.14. The molecular formula is C13H21N3O. The van der Waals surface area contributed by atoms with E-state index in [9.17, 15) is 4.79 Å². The van der Waals surface area contributed by atoms with E-state index < -0.39 is 0 Å². The molecule has 1 aromatic rings. The fraction of sp³-hybridized carbons (Fsp3) is 0.538. The van der Waals surface area contributed by atoms with Gasteiger partial charge in [0.15, 0.2) is 0 Å². The Kier molecular flexibility index (Phi) is 5.46. The van der Waals surface area contributed by atoms with Crippen molar-refractivity contribution in [3.8, 4) is 0 Å². The van der Waals surface area contributed by atoms with Gasteiger partial charge in [-0.3, -0.25) is 9.78 Å². The Morgan fingerprint density at radius 2 is 1.94 bits per heavy atom. The third-order valence-corrected chi connectivity index (χ3v) is 2.52. The lowest BCUT2D eigenvalue weighted by Crippen LogP contribution is -2.33. The predicted octanol–water partition coefficient (Wildman–Crippen LogP) is 1.85. The molecule has 2 N–H and O–H groups in total. The van der Waals surface area contributed by atoms with Gasteiger partial charge in [-0.05, 0) is 25.0 Å². The molecule has 0 aliphatic heterocycles. The minimum absolute atomic E-state index is 0.144. The minimum atomic E-state index is 0.144. The van der Waals surface area contributed by atoms with Gasteiger partial charge in [0.1, 0.15) is 0 Å². The summed E-state index contributed by atoms with van der Waals surface area (Å²) in [4.78, 5) is 18.1. The molecule has 94 valence electrons. The van der Waals surface area contributed by atoms with Crippen molar-refractivity contribution in [3.05, 3.63) is 24.0 Å². The van der Waals surface area contributed by atoms with Gasteiger partial charge >= 0.3 is 0 Å². The zero-order chi connectivity index (χ0) is 12.7. The molecule has 1 aromatic heterocycles. The number of rotatable bonds is 6. The van der Waals surface area contributed by atoms with E-state index in [0.717, 1.165) is 31.6 Å². The third kappa shape index (κ3) is 4.43. The van der Waals surface area contributed by atoms with E-state index in [1.165, 1.54) is 0 Å². The van der Waals surface area contributed by atoms with Crippen molar-refractivity contribution in [3.63, 3.8) is 0 Å². The van der Waals surface area contributed by atoms with Gasteiger partial charge in [0.25, 0.3) is 0 Å². The lowest BCUT2D eigenvalue weighted by molar-refractivity contribution is -0.130. The quantitative estimate of drug-likeness (QED) is 0.818. The van der Waals surface area contributed by atoms with Crippen molar-refractivity contribution in [2.24, 2.45) is 0 Å². The smallest absolute Gasteiger partial charge is 0.228 e. The van der Waals surface area contributed by atoms with Gasteiger partial charge < -0.3 is 10.6 Å². The highest BCUT2D eigenvalue weighted by Crippen LogP contribution is 2.05. The number of hydrogen-bond acceptors (Lipinski definition) is 3. The summed E-state index contributed by atoms with van der Waals surface area (Å²) in [7, 11) is 0. The van der Waals surface area contributed by atoms with E-state index >= 15 is 0 Å². The first-order valence-corrected chi connectivity index (χ1v) is 6.15. The Bertz CT molecular complexity index is 342. The molecule has 0 spiro atoms. The Hall–Kier alpha value is -1.58. The molecule has 0 bridgehead atoms. The maximum Gasteiger partial charge on any atom is 0.228 e. The highest BCUT2D eigenvalue weighted by atomic mass is 16.2. The number of pyridine rings is 1. The maximum absolute atomic E-state index is 12.0.